The van der Waals surface area contributed by atoms with Gasteiger partial charge in [0.1, 0.15) is 4.21 Å². The number of sulfonamides is 1. The molecule has 2 heterocycles. The van der Waals surface area contributed by atoms with Crippen LogP contribution in [0.3, 0.4) is 0 Å². The number of anilines is 1. The molecule has 0 spiro atoms. The average molecular weight is 337 g/mol. The van der Waals surface area contributed by atoms with Crippen LogP contribution in [-0.4, -0.2) is 32.4 Å². The predicted molar refractivity (Wildman–Crippen MR) is 85.4 cm³/mol. The van der Waals surface area contributed by atoms with E-state index >= 15 is 0 Å². The number of benzene rings is 1. The van der Waals surface area contributed by atoms with Crippen LogP contribution < -0.4 is 10.0 Å². The van der Waals surface area contributed by atoms with E-state index in [1.54, 1.807) is 34.5 Å². The summed E-state index contributed by atoms with van der Waals surface area (Å²) in [6.45, 7) is 1.60. The maximum absolute atomic E-state index is 12.3. The van der Waals surface area contributed by atoms with Gasteiger partial charge in [0.25, 0.3) is 10.0 Å². The highest BCUT2D eigenvalue weighted by molar-refractivity contribution is 7.94. The number of hydrogen-bond donors (Lipinski definition) is 2. The summed E-state index contributed by atoms with van der Waals surface area (Å²) in [5.41, 5.74) is 1.26. The van der Waals surface area contributed by atoms with E-state index in [9.17, 15) is 13.2 Å². The standard InChI is InChI=1S/C14H15N3O3S2/c18-14-15-7-8-17(14)10-11-4-1-2-5-12(11)16-22(19,20)13-6-3-9-21-13/h1-6,9,16H,7-8,10H2,(H,15,18). The lowest BCUT2D eigenvalue weighted by Gasteiger charge is -2.17. The quantitative estimate of drug-likeness (QED) is 0.877. The number of carbonyl (C=O) groups is 1. The van der Waals surface area contributed by atoms with Gasteiger partial charge in [-0.05, 0) is 23.1 Å². The first-order chi connectivity index (χ1) is 10.6. The third-order valence-corrected chi connectivity index (χ3v) is 6.09. The lowest BCUT2D eigenvalue weighted by atomic mass is 10.2. The zero-order valence-electron chi connectivity index (χ0n) is 11.7. The van der Waals surface area contributed by atoms with Crippen molar-refractivity contribution in [3.63, 3.8) is 0 Å². The summed E-state index contributed by atoms with van der Waals surface area (Å²) in [4.78, 5) is 13.3. The van der Waals surface area contributed by atoms with E-state index in [0.29, 0.717) is 25.3 Å². The Morgan fingerprint density at radius 1 is 1.23 bits per heavy atom. The molecule has 2 N–H and O–H groups in total. The Labute approximate surface area is 132 Å². The molecule has 0 bridgehead atoms. The third-order valence-electron chi connectivity index (χ3n) is 3.33. The van der Waals surface area contributed by atoms with Gasteiger partial charge in [0, 0.05) is 19.6 Å². The van der Waals surface area contributed by atoms with Crippen LogP contribution in [0.4, 0.5) is 10.5 Å². The Morgan fingerprint density at radius 2 is 2.05 bits per heavy atom. The minimum atomic E-state index is -3.59. The zero-order valence-corrected chi connectivity index (χ0v) is 13.3. The molecule has 1 aliphatic rings. The molecule has 1 aromatic carbocycles. The predicted octanol–water partition coefficient (Wildman–Crippen LogP) is 2.07. The number of rotatable bonds is 5. The number of hydrogen-bond acceptors (Lipinski definition) is 4. The van der Waals surface area contributed by atoms with E-state index < -0.39 is 10.0 Å². The number of amides is 2. The molecule has 2 aromatic rings. The number of carbonyl (C=O) groups excluding carboxylic acids is 1. The fourth-order valence-corrected chi connectivity index (χ4v) is 4.33. The Morgan fingerprint density at radius 3 is 2.73 bits per heavy atom. The highest BCUT2D eigenvalue weighted by Crippen LogP contribution is 2.24. The number of nitrogens with zero attached hydrogens (tertiary/aromatic N) is 1. The van der Waals surface area contributed by atoms with Gasteiger partial charge in [-0.2, -0.15) is 0 Å². The Kier molecular flexibility index (Phi) is 4.04. The average Bonchev–Trinajstić information content (AvgIpc) is 3.13. The third kappa shape index (κ3) is 3.07. The number of nitrogens with one attached hydrogen (secondary N) is 2. The summed E-state index contributed by atoms with van der Waals surface area (Å²) >= 11 is 1.16. The second-order valence-electron chi connectivity index (χ2n) is 4.85. The number of urea groups is 1. The molecule has 3 rings (SSSR count). The maximum Gasteiger partial charge on any atom is 0.317 e. The molecule has 1 fully saturated rings. The molecule has 116 valence electrons. The van der Waals surface area contributed by atoms with Crippen molar-refractivity contribution in [2.45, 2.75) is 10.8 Å². The molecule has 0 saturated carbocycles. The van der Waals surface area contributed by atoms with Gasteiger partial charge in [-0.3, -0.25) is 4.72 Å². The zero-order chi connectivity index (χ0) is 15.6. The van der Waals surface area contributed by atoms with Crippen molar-refractivity contribution in [3.05, 3.63) is 47.3 Å². The van der Waals surface area contributed by atoms with Gasteiger partial charge in [0.15, 0.2) is 0 Å². The first-order valence-corrected chi connectivity index (χ1v) is 9.09. The SMILES string of the molecule is O=C1NCCN1Cc1ccccc1NS(=O)(=O)c1cccs1. The summed E-state index contributed by atoms with van der Waals surface area (Å²) in [5.74, 6) is 0. The van der Waals surface area contributed by atoms with Crippen LogP contribution in [0.2, 0.25) is 0 Å². The monoisotopic (exact) mass is 337 g/mol. The van der Waals surface area contributed by atoms with Gasteiger partial charge < -0.3 is 10.2 Å². The van der Waals surface area contributed by atoms with Crippen molar-refractivity contribution < 1.29 is 13.2 Å². The molecule has 6 nitrogen and oxygen atoms in total. The minimum absolute atomic E-state index is 0.129. The first-order valence-electron chi connectivity index (χ1n) is 6.73. The molecule has 2 amide bonds. The van der Waals surface area contributed by atoms with E-state index in [1.807, 2.05) is 12.1 Å². The molecule has 8 heteroatoms. The fourth-order valence-electron chi connectivity index (χ4n) is 2.24. The van der Waals surface area contributed by atoms with Crippen LogP contribution in [0.5, 0.6) is 0 Å². The summed E-state index contributed by atoms with van der Waals surface area (Å²) in [6, 6.07) is 10.2. The van der Waals surface area contributed by atoms with Gasteiger partial charge in [0.05, 0.1) is 5.69 Å². The maximum atomic E-state index is 12.3. The van der Waals surface area contributed by atoms with Crippen molar-refractivity contribution in [2.75, 3.05) is 17.8 Å². The van der Waals surface area contributed by atoms with E-state index in [0.717, 1.165) is 16.9 Å². The first kappa shape index (κ1) is 14.9. The van der Waals surface area contributed by atoms with Gasteiger partial charge in [-0.15, -0.1) is 11.3 Å². The molecule has 22 heavy (non-hydrogen) atoms. The van der Waals surface area contributed by atoms with Crippen LogP contribution in [0, 0.1) is 0 Å². The molecule has 0 aliphatic carbocycles. The topological polar surface area (TPSA) is 78.5 Å². The van der Waals surface area contributed by atoms with E-state index in [2.05, 4.69) is 10.0 Å². The molecule has 1 saturated heterocycles. The molecule has 1 aliphatic heterocycles. The second kappa shape index (κ2) is 5.98. The normalized spacial score (nSPS) is 14.9. The van der Waals surface area contributed by atoms with Crippen molar-refractivity contribution in [1.29, 1.82) is 0 Å². The lowest BCUT2D eigenvalue weighted by Crippen LogP contribution is -2.28. The van der Waals surface area contributed by atoms with Crippen LogP contribution in [0.1, 0.15) is 5.56 Å². The summed E-state index contributed by atoms with van der Waals surface area (Å²) in [7, 11) is -3.59. The van der Waals surface area contributed by atoms with Crippen LogP contribution in [0.25, 0.3) is 0 Å². The lowest BCUT2D eigenvalue weighted by molar-refractivity contribution is 0.215. The van der Waals surface area contributed by atoms with E-state index in [1.165, 1.54) is 0 Å². The second-order valence-corrected chi connectivity index (χ2v) is 7.71. The van der Waals surface area contributed by atoms with Crippen molar-refractivity contribution in [1.82, 2.24) is 10.2 Å². The van der Waals surface area contributed by atoms with E-state index in [4.69, 9.17) is 0 Å². The largest absolute Gasteiger partial charge is 0.336 e. The van der Waals surface area contributed by atoms with Gasteiger partial charge in [0.2, 0.25) is 0 Å². The van der Waals surface area contributed by atoms with Crippen LogP contribution >= 0.6 is 11.3 Å². The number of thiophene rings is 1. The molecule has 0 atom stereocenters. The van der Waals surface area contributed by atoms with Gasteiger partial charge in [-0.25, -0.2) is 13.2 Å². The fraction of sp³-hybridized carbons (Fsp3) is 0.214. The summed E-state index contributed by atoms with van der Waals surface area (Å²) < 4.78 is 27.5. The Hall–Kier alpha value is -2.06. The Balaban J connectivity index is 1.84. The smallest absolute Gasteiger partial charge is 0.317 e. The van der Waals surface area contributed by atoms with E-state index in [-0.39, 0.29) is 10.2 Å². The van der Waals surface area contributed by atoms with Crippen LogP contribution in [0.15, 0.2) is 46.0 Å². The van der Waals surface area contributed by atoms with Crippen molar-refractivity contribution in [2.24, 2.45) is 0 Å². The van der Waals surface area contributed by atoms with Gasteiger partial charge >= 0.3 is 6.03 Å². The highest BCUT2D eigenvalue weighted by atomic mass is 32.2. The van der Waals surface area contributed by atoms with Crippen molar-refractivity contribution in [3.8, 4) is 0 Å². The molecule has 1 aromatic heterocycles. The van der Waals surface area contributed by atoms with Crippen LogP contribution in [-0.2, 0) is 16.6 Å². The molecule has 0 radical (unpaired) electrons. The number of para-hydroxylation sites is 1. The molecular weight excluding hydrogens is 322 g/mol. The highest BCUT2D eigenvalue weighted by Gasteiger charge is 2.22. The Bertz CT molecular complexity index is 772. The van der Waals surface area contributed by atoms with Crippen molar-refractivity contribution >= 4 is 33.1 Å². The van der Waals surface area contributed by atoms with Gasteiger partial charge in [-0.1, -0.05) is 24.3 Å². The molecule has 0 unspecified atom stereocenters. The minimum Gasteiger partial charge on any atom is -0.336 e. The summed E-state index contributed by atoms with van der Waals surface area (Å²) in [5, 5.41) is 4.45. The molecular formula is C14H15N3O3S2. The summed E-state index contributed by atoms with van der Waals surface area (Å²) in [6.07, 6.45) is 0.